The lowest BCUT2D eigenvalue weighted by Crippen LogP contribution is -2.04. The van der Waals surface area contributed by atoms with Gasteiger partial charge in [0.2, 0.25) is 0 Å². The number of hydrogen-bond acceptors (Lipinski definition) is 2. The van der Waals surface area contributed by atoms with Crippen LogP contribution >= 0.6 is 0 Å². The lowest BCUT2D eigenvalue weighted by molar-refractivity contribution is 0.154. The van der Waals surface area contributed by atoms with Crippen LogP contribution in [-0.4, -0.2) is 19.2 Å². The van der Waals surface area contributed by atoms with Gasteiger partial charge in [-0.1, -0.05) is 0 Å². The number of hydrogen-bond donors (Lipinski definition) is 1. The number of aliphatic hydroxyl groups excluding tert-OH is 1. The lowest BCUT2D eigenvalue weighted by Gasteiger charge is -2.06. The van der Waals surface area contributed by atoms with Crippen LogP contribution in [0.3, 0.4) is 0 Å². The lowest BCUT2D eigenvalue weighted by atomic mass is 10.1. The molecule has 1 saturated carbocycles. The second-order valence-corrected chi connectivity index (χ2v) is 4.77. The first kappa shape index (κ1) is 10.6. The first-order chi connectivity index (χ1) is 8.33. The average molecular weight is 231 g/mol. The molecule has 1 N–H and O–H groups in total. The van der Waals surface area contributed by atoms with Crippen molar-refractivity contribution in [1.82, 2.24) is 14.1 Å². The minimum atomic E-state index is -0.260. The Balaban J connectivity index is 1.60. The van der Waals surface area contributed by atoms with Crippen molar-refractivity contribution in [1.29, 1.82) is 0 Å². The minimum absolute atomic E-state index is 0.260. The standard InChI is InChI=1S/C13H17N3O/c17-13(11-1-2-11)12-3-5-15(9-12)7-8-16-6-4-14-10-16/h3-6,9-11,13,17H,1-2,7-8H2. The molecule has 4 nitrogen and oxygen atoms in total. The second kappa shape index (κ2) is 4.37. The SMILES string of the molecule is OC(c1ccn(CCn2ccnc2)c1)C1CC1. The Morgan fingerprint density at radius 1 is 1.29 bits per heavy atom. The Morgan fingerprint density at radius 2 is 2.12 bits per heavy atom. The molecule has 1 aliphatic rings. The van der Waals surface area contributed by atoms with E-state index in [1.165, 1.54) is 12.8 Å². The molecule has 0 radical (unpaired) electrons. The summed E-state index contributed by atoms with van der Waals surface area (Å²) in [6.07, 6.45) is 11.7. The maximum absolute atomic E-state index is 10.00. The molecule has 2 aromatic heterocycles. The van der Waals surface area contributed by atoms with Crippen molar-refractivity contribution >= 4 is 0 Å². The highest BCUT2D eigenvalue weighted by Crippen LogP contribution is 2.40. The van der Waals surface area contributed by atoms with E-state index < -0.39 is 0 Å². The van der Waals surface area contributed by atoms with Crippen molar-refractivity contribution in [3.05, 3.63) is 42.7 Å². The highest BCUT2D eigenvalue weighted by molar-refractivity contribution is 5.16. The quantitative estimate of drug-likeness (QED) is 0.853. The van der Waals surface area contributed by atoms with Crippen molar-refractivity contribution < 1.29 is 5.11 Å². The van der Waals surface area contributed by atoms with Gasteiger partial charge in [-0.05, 0) is 30.4 Å². The largest absolute Gasteiger partial charge is 0.388 e. The second-order valence-electron chi connectivity index (χ2n) is 4.77. The first-order valence-electron chi connectivity index (χ1n) is 6.12. The van der Waals surface area contributed by atoms with Gasteiger partial charge in [-0.15, -0.1) is 0 Å². The van der Waals surface area contributed by atoms with Crippen LogP contribution in [0.4, 0.5) is 0 Å². The number of rotatable bonds is 5. The molecule has 0 aliphatic heterocycles. The smallest absolute Gasteiger partial charge is 0.0946 e. The zero-order valence-electron chi connectivity index (χ0n) is 9.74. The average Bonchev–Trinajstić information content (AvgIpc) is 2.88. The summed E-state index contributed by atoms with van der Waals surface area (Å²) in [6, 6.07) is 2.02. The molecular weight excluding hydrogens is 214 g/mol. The van der Waals surface area contributed by atoms with E-state index in [9.17, 15) is 5.11 Å². The van der Waals surface area contributed by atoms with Gasteiger partial charge in [0.05, 0.1) is 12.4 Å². The maximum Gasteiger partial charge on any atom is 0.0946 e. The maximum atomic E-state index is 10.00. The van der Waals surface area contributed by atoms with Gasteiger partial charge in [-0.25, -0.2) is 4.98 Å². The minimum Gasteiger partial charge on any atom is -0.388 e. The molecule has 2 heterocycles. The zero-order valence-corrected chi connectivity index (χ0v) is 9.74. The van der Waals surface area contributed by atoms with Crippen molar-refractivity contribution in [2.45, 2.75) is 32.0 Å². The Bertz CT molecular complexity index is 471. The Hall–Kier alpha value is -1.55. The van der Waals surface area contributed by atoms with Crippen molar-refractivity contribution in [2.24, 2.45) is 5.92 Å². The number of aryl methyl sites for hydroxylation is 2. The fourth-order valence-corrected chi connectivity index (χ4v) is 2.11. The third kappa shape index (κ3) is 2.42. The third-order valence-corrected chi connectivity index (χ3v) is 3.36. The highest BCUT2D eigenvalue weighted by Gasteiger charge is 2.31. The molecule has 0 amide bonds. The Kier molecular flexibility index (Phi) is 2.73. The van der Waals surface area contributed by atoms with Gasteiger partial charge in [0, 0.05) is 37.9 Å². The molecule has 4 heteroatoms. The van der Waals surface area contributed by atoms with Gasteiger partial charge in [-0.3, -0.25) is 0 Å². The van der Waals surface area contributed by atoms with Crippen molar-refractivity contribution in [2.75, 3.05) is 0 Å². The fraction of sp³-hybridized carbons (Fsp3) is 0.462. The van der Waals surface area contributed by atoms with Gasteiger partial charge in [0.25, 0.3) is 0 Å². The molecule has 0 bridgehead atoms. The van der Waals surface area contributed by atoms with E-state index in [2.05, 4.69) is 20.3 Å². The molecule has 0 spiro atoms. The number of nitrogens with zero attached hydrogens (tertiary/aromatic N) is 3. The van der Waals surface area contributed by atoms with Crippen molar-refractivity contribution in [3.63, 3.8) is 0 Å². The van der Waals surface area contributed by atoms with E-state index in [0.29, 0.717) is 5.92 Å². The molecule has 17 heavy (non-hydrogen) atoms. The molecule has 1 aliphatic carbocycles. The van der Waals surface area contributed by atoms with E-state index in [0.717, 1.165) is 18.7 Å². The molecule has 1 atom stereocenters. The van der Waals surface area contributed by atoms with Crippen LogP contribution in [0.5, 0.6) is 0 Å². The fourth-order valence-electron chi connectivity index (χ4n) is 2.11. The topological polar surface area (TPSA) is 43.0 Å². The summed E-state index contributed by atoms with van der Waals surface area (Å²) in [6.45, 7) is 1.82. The van der Waals surface area contributed by atoms with Crippen LogP contribution in [0.15, 0.2) is 37.2 Å². The van der Waals surface area contributed by atoms with E-state index in [1.54, 1.807) is 6.20 Å². The first-order valence-corrected chi connectivity index (χ1v) is 6.12. The summed E-state index contributed by atoms with van der Waals surface area (Å²) in [5, 5.41) is 10.00. The monoisotopic (exact) mass is 231 g/mol. The zero-order chi connectivity index (χ0) is 11.7. The summed E-state index contributed by atoms with van der Waals surface area (Å²) in [7, 11) is 0. The van der Waals surface area contributed by atoms with Crippen LogP contribution in [0, 0.1) is 5.92 Å². The van der Waals surface area contributed by atoms with E-state index in [1.807, 2.05) is 24.8 Å². The van der Waals surface area contributed by atoms with Crippen LogP contribution in [0.25, 0.3) is 0 Å². The van der Waals surface area contributed by atoms with Gasteiger partial charge in [0.1, 0.15) is 0 Å². The molecule has 90 valence electrons. The van der Waals surface area contributed by atoms with E-state index in [4.69, 9.17) is 0 Å². The number of imidazole rings is 1. The summed E-state index contributed by atoms with van der Waals surface area (Å²) in [4.78, 5) is 4.01. The van der Waals surface area contributed by atoms with Crippen LogP contribution in [-0.2, 0) is 13.1 Å². The van der Waals surface area contributed by atoms with Crippen LogP contribution in [0.2, 0.25) is 0 Å². The highest BCUT2D eigenvalue weighted by atomic mass is 16.3. The normalized spacial score (nSPS) is 17.2. The predicted octanol–water partition coefficient (Wildman–Crippen LogP) is 1.83. The van der Waals surface area contributed by atoms with Gasteiger partial charge in [-0.2, -0.15) is 0 Å². The molecule has 2 aromatic rings. The Labute approximate surface area is 101 Å². The van der Waals surface area contributed by atoms with E-state index >= 15 is 0 Å². The predicted molar refractivity (Wildman–Crippen MR) is 64.3 cm³/mol. The van der Waals surface area contributed by atoms with Crippen LogP contribution < -0.4 is 0 Å². The van der Waals surface area contributed by atoms with Gasteiger partial charge < -0.3 is 14.2 Å². The molecular formula is C13H17N3O. The summed E-state index contributed by atoms with van der Waals surface area (Å²) in [5.41, 5.74) is 1.05. The number of aromatic nitrogens is 3. The van der Waals surface area contributed by atoms with Crippen LogP contribution in [0.1, 0.15) is 24.5 Å². The van der Waals surface area contributed by atoms with Gasteiger partial charge >= 0.3 is 0 Å². The summed E-state index contributed by atoms with van der Waals surface area (Å²) >= 11 is 0. The van der Waals surface area contributed by atoms with Crippen molar-refractivity contribution in [3.8, 4) is 0 Å². The summed E-state index contributed by atoms with van der Waals surface area (Å²) < 4.78 is 4.18. The molecule has 1 fully saturated rings. The van der Waals surface area contributed by atoms with E-state index in [-0.39, 0.29) is 6.10 Å². The van der Waals surface area contributed by atoms with Gasteiger partial charge in [0.15, 0.2) is 0 Å². The number of aliphatic hydroxyl groups is 1. The summed E-state index contributed by atoms with van der Waals surface area (Å²) in [5.74, 6) is 0.500. The molecule has 0 saturated heterocycles. The molecule has 1 unspecified atom stereocenters. The molecule has 3 rings (SSSR count). The molecule has 0 aromatic carbocycles. The third-order valence-electron chi connectivity index (χ3n) is 3.36. The Morgan fingerprint density at radius 3 is 2.82 bits per heavy atom.